The zero-order valence-electron chi connectivity index (χ0n) is 12.6. The fraction of sp³-hybridized carbons (Fsp3) is 0.353. The number of benzene rings is 1. The van der Waals surface area contributed by atoms with E-state index in [1.165, 1.54) is 12.1 Å². The van der Waals surface area contributed by atoms with Crippen LogP contribution in [0.2, 0.25) is 0 Å². The quantitative estimate of drug-likeness (QED) is 0.843. The van der Waals surface area contributed by atoms with E-state index in [0.29, 0.717) is 38.5 Å². The van der Waals surface area contributed by atoms with Crippen LogP contribution in [0.1, 0.15) is 4.88 Å². The zero-order chi connectivity index (χ0) is 16.1. The van der Waals surface area contributed by atoms with Crippen LogP contribution in [0.4, 0.5) is 4.39 Å². The Morgan fingerprint density at radius 1 is 1.35 bits per heavy atom. The van der Waals surface area contributed by atoms with E-state index < -0.39 is 0 Å². The standard InChI is InChI=1S/C17H18FNO3S/c18-13-3-5-14(6-4-13)22-12-15-11-19(7-8-21-15)17(20)10-16-2-1-9-23-16/h1-6,9,15H,7-8,10-12H2. The van der Waals surface area contributed by atoms with Gasteiger partial charge in [-0.05, 0) is 35.7 Å². The molecule has 2 aromatic rings. The second kappa shape index (κ2) is 7.57. The molecule has 4 nitrogen and oxygen atoms in total. The molecule has 0 radical (unpaired) electrons. The maximum absolute atomic E-state index is 12.9. The van der Waals surface area contributed by atoms with Gasteiger partial charge in [0.05, 0.1) is 19.6 Å². The summed E-state index contributed by atoms with van der Waals surface area (Å²) in [7, 11) is 0. The molecule has 122 valence electrons. The molecule has 1 atom stereocenters. The maximum Gasteiger partial charge on any atom is 0.227 e. The largest absolute Gasteiger partial charge is 0.491 e. The van der Waals surface area contributed by atoms with E-state index in [2.05, 4.69) is 0 Å². The fourth-order valence-corrected chi connectivity index (χ4v) is 3.14. The molecule has 0 bridgehead atoms. The second-order valence-corrected chi connectivity index (χ2v) is 6.39. The smallest absolute Gasteiger partial charge is 0.227 e. The van der Waals surface area contributed by atoms with Crippen LogP contribution < -0.4 is 4.74 Å². The molecule has 0 spiro atoms. The summed E-state index contributed by atoms with van der Waals surface area (Å²) < 4.78 is 24.1. The SMILES string of the molecule is O=C(Cc1cccs1)N1CCOC(COc2ccc(F)cc2)C1. The molecule has 1 fully saturated rings. The van der Waals surface area contributed by atoms with Gasteiger partial charge in [-0.1, -0.05) is 6.07 Å². The number of carbonyl (C=O) groups is 1. The Hall–Kier alpha value is -1.92. The second-order valence-electron chi connectivity index (χ2n) is 5.35. The highest BCUT2D eigenvalue weighted by Gasteiger charge is 2.24. The number of ether oxygens (including phenoxy) is 2. The summed E-state index contributed by atoms with van der Waals surface area (Å²) in [5.41, 5.74) is 0. The number of nitrogens with zero attached hydrogens (tertiary/aromatic N) is 1. The van der Waals surface area contributed by atoms with Crippen LogP contribution >= 0.6 is 11.3 Å². The topological polar surface area (TPSA) is 38.8 Å². The molecular formula is C17H18FNO3S. The van der Waals surface area contributed by atoms with Crippen molar-refractivity contribution in [2.24, 2.45) is 0 Å². The monoisotopic (exact) mass is 335 g/mol. The van der Waals surface area contributed by atoms with Crippen LogP contribution in [-0.4, -0.2) is 43.2 Å². The van der Waals surface area contributed by atoms with Gasteiger partial charge in [-0.25, -0.2) is 4.39 Å². The summed E-state index contributed by atoms with van der Waals surface area (Å²) in [6.07, 6.45) is 0.268. The average molecular weight is 335 g/mol. The summed E-state index contributed by atoms with van der Waals surface area (Å²) in [5.74, 6) is 0.413. The lowest BCUT2D eigenvalue weighted by Crippen LogP contribution is -2.48. The molecule has 0 N–H and O–H groups in total. The fourth-order valence-electron chi connectivity index (χ4n) is 2.44. The summed E-state index contributed by atoms with van der Waals surface area (Å²) in [6.45, 7) is 1.98. The minimum Gasteiger partial charge on any atom is -0.491 e. The lowest BCUT2D eigenvalue weighted by atomic mass is 10.2. The van der Waals surface area contributed by atoms with Gasteiger partial charge in [0.15, 0.2) is 0 Å². The number of carbonyl (C=O) groups excluding carboxylic acids is 1. The third-order valence-corrected chi connectivity index (χ3v) is 4.52. The van der Waals surface area contributed by atoms with Gasteiger partial charge in [-0.15, -0.1) is 11.3 Å². The van der Waals surface area contributed by atoms with Crippen molar-refractivity contribution in [1.29, 1.82) is 0 Å². The number of amides is 1. The summed E-state index contributed by atoms with van der Waals surface area (Å²) >= 11 is 1.59. The Morgan fingerprint density at radius 3 is 2.91 bits per heavy atom. The minimum atomic E-state index is -0.295. The van der Waals surface area contributed by atoms with Gasteiger partial charge >= 0.3 is 0 Å². The van der Waals surface area contributed by atoms with Crippen LogP contribution in [-0.2, 0) is 16.0 Å². The van der Waals surface area contributed by atoms with E-state index in [1.54, 1.807) is 23.5 Å². The molecule has 2 heterocycles. The highest BCUT2D eigenvalue weighted by molar-refractivity contribution is 7.10. The van der Waals surface area contributed by atoms with E-state index in [4.69, 9.17) is 9.47 Å². The van der Waals surface area contributed by atoms with Crippen LogP contribution in [0.25, 0.3) is 0 Å². The minimum absolute atomic E-state index is 0.113. The Bertz CT molecular complexity index is 630. The number of rotatable bonds is 5. The first kappa shape index (κ1) is 16.0. The van der Waals surface area contributed by atoms with Gasteiger partial charge in [0.1, 0.15) is 24.3 Å². The molecule has 1 aromatic heterocycles. The number of hydrogen-bond acceptors (Lipinski definition) is 4. The van der Waals surface area contributed by atoms with Gasteiger partial charge < -0.3 is 14.4 Å². The molecule has 1 saturated heterocycles. The number of morpholine rings is 1. The summed E-state index contributed by atoms with van der Waals surface area (Å²) in [4.78, 5) is 15.2. The summed E-state index contributed by atoms with van der Waals surface area (Å²) in [5, 5.41) is 1.97. The summed E-state index contributed by atoms with van der Waals surface area (Å²) in [6, 6.07) is 9.79. The molecule has 1 unspecified atom stereocenters. The van der Waals surface area contributed by atoms with Gasteiger partial charge in [0.2, 0.25) is 5.91 Å². The van der Waals surface area contributed by atoms with E-state index >= 15 is 0 Å². The molecular weight excluding hydrogens is 317 g/mol. The predicted octanol–water partition coefficient (Wildman–Crippen LogP) is 2.74. The predicted molar refractivity (Wildman–Crippen MR) is 86.2 cm³/mol. The number of halogens is 1. The van der Waals surface area contributed by atoms with Gasteiger partial charge in [-0.3, -0.25) is 4.79 Å². The van der Waals surface area contributed by atoms with Crippen molar-refractivity contribution in [3.8, 4) is 5.75 Å². The first-order valence-corrected chi connectivity index (χ1v) is 8.39. The molecule has 0 aliphatic carbocycles. The van der Waals surface area contributed by atoms with Crippen LogP contribution in [0.5, 0.6) is 5.75 Å². The van der Waals surface area contributed by atoms with Gasteiger partial charge in [0, 0.05) is 11.4 Å². The Kier molecular flexibility index (Phi) is 5.25. The van der Waals surface area contributed by atoms with Crippen molar-refractivity contribution in [2.45, 2.75) is 12.5 Å². The molecule has 1 aliphatic heterocycles. The molecule has 1 aliphatic rings. The van der Waals surface area contributed by atoms with E-state index in [1.807, 2.05) is 22.4 Å². The Morgan fingerprint density at radius 2 is 2.17 bits per heavy atom. The van der Waals surface area contributed by atoms with E-state index in [9.17, 15) is 9.18 Å². The van der Waals surface area contributed by atoms with Gasteiger partial charge in [0.25, 0.3) is 0 Å². The van der Waals surface area contributed by atoms with Crippen LogP contribution in [0, 0.1) is 5.82 Å². The first-order valence-electron chi connectivity index (χ1n) is 7.51. The van der Waals surface area contributed by atoms with Crippen molar-refractivity contribution < 1.29 is 18.7 Å². The molecule has 3 rings (SSSR count). The van der Waals surface area contributed by atoms with Crippen molar-refractivity contribution in [3.05, 3.63) is 52.5 Å². The third kappa shape index (κ3) is 4.53. The molecule has 6 heteroatoms. The molecule has 23 heavy (non-hydrogen) atoms. The van der Waals surface area contributed by atoms with Crippen LogP contribution in [0.15, 0.2) is 41.8 Å². The van der Waals surface area contributed by atoms with E-state index in [0.717, 1.165) is 4.88 Å². The molecule has 1 aromatic carbocycles. The molecule has 0 saturated carbocycles. The zero-order valence-corrected chi connectivity index (χ0v) is 13.4. The van der Waals surface area contributed by atoms with Crippen molar-refractivity contribution in [3.63, 3.8) is 0 Å². The number of hydrogen-bond donors (Lipinski definition) is 0. The highest BCUT2D eigenvalue weighted by atomic mass is 32.1. The third-order valence-electron chi connectivity index (χ3n) is 3.65. The average Bonchev–Trinajstić information content (AvgIpc) is 3.07. The van der Waals surface area contributed by atoms with Crippen molar-refractivity contribution in [2.75, 3.05) is 26.3 Å². The highest BCUT2D eigenvalue weighted by Crippen LogP contribution is 2.15. The number of thiophene rings is 1. The van der Waals surface area contributed by atoms with E-state index in [-0.39, 0.29) is 17.8 Å². The first-order chi connectivity index (χ1) is 11.2. The lowest BCUT2D eigenvalue weighted by Gasteiger charge is -2.32. The Labute approximate surface area is 138 Å². The van der Waals surface area contributed by atoms with Gasteiger partial charge in [-0.2, -0.15) is 0 Å². The van der Waals surface area contributed by atoms with Crippen LogP contribution in [0.3, 0.4) is 0 Å². The molecule has 1 amide bonds. The lowest BCUT2D eigenvalue weighted by molar-refractivity contribution is -0.139. The Balaban J connectivity index is 1.49. The normalized spacial score (nSPS) is 18.0. The maximum atomic E-state index is 12.9. The van der Waals surface area contributed by atoms with Crippen molar-refractivity contribution >= 4 is 17.2 Å². The van der Waals surface area contributed by atoms with Crippen molar-refractivity contribution in [1.82, 2.24) is 4.90 Å².